The van der Waals surface area contributed by atoms with Gasteiger partial charge in [-0.15, -0.1) is 4.52 Å². The first-order valence-corrected chi connectivity index (χ1v) is 24.4. The van der Waals surface area contributed by atoms with Gasteiger partial charge >= 0.3 is 59.5 Å². The molecule has 0 aromatic carbocycles. The molecule has 68 heavy (non-hydrogen) atoms. The summed E-state index contributed by atoms with van der Waals surface area (Å²) in [5.41, 5.74) is 0.542. The minimum Gasteiger partial charge on any atom is -0.473 e. The second-order valence-corrected chi connectivity index (χ2v) is 16.5. The number of carbonyl (C=O) groups is 6. The lowest BCUT2D eigenvalue weighted by Gasteiger charge is -2.18. The molecule has 2 atom stereocenters. The fraction of sp³-hybridized carbons (Fsp3) is 0.561. The minimum atomic E-state index is -4.20. The Balaban J connectivity index is -0.000000453. The van der Waals surface area contributed by atoms with Gasteiger partial charge in [0.1, 0.15) is 46.2 Å². The van der Waals surface area contributed by atoms with E-state index >= 15 is 0 Å². The standard InChI is InChI=1S/C15H21O10P.C13H22O6P.C12H21O8P.CH4/c1-4-13(16)20-7-10-23-26(19,24-11-8-21-14(17)5-2)25-12-9-22-15(18)6-3;1-11(2)13(15)18-10-9-17-12(14)7-5-4-6-8-19-20(3)16;1-10(2)12(13)17-6-8-20-21(14,15)19-7-5-16-9-18-11(3)4;/h4-6H,1-3,7-12H2;1,4-10H2,2-3H3;1,3,5-9H2,2,4H3,(H,14,15);1H4/q;+1;;. The van der Waals surface area contributed by atoms with Crippen LogP contribution in [0.2, 0.25) is 0 Å². The van der Waals surface area contributed by atoms with Crippen molar-refractivity contribution < 1.29 is 112 Å². The van der Waals surface area contributed by atoms with Gasteiger partial charge in [0.15, 0.2) is 13.5 Å². The number of esters is 6. The van der Waals surface area contributed by atoms with E-state index in [0.717, 1.165) is 31.1 Å². The van der Waals surface area contributed by atoms with Crippen LogP contribution in [-0.2, 0) is 107 Å². The van der Waals surface area contributed by atoms with Gasteiger partial charge in [-0.1, -0.05) is 53.3 Å². The summed E-state index contributed by atoms with van der Waals surface area (Å²) >= 11 is 0. The van der Waals surface area contributed by atoms with E-state index in [1.807, 2.05) is 0 Å². The molecule has 0 radical (unpaired) electrons. The predicted octanol–water partition coefficient (Wildman–Crippen LogP) is 6.33. The Labute approximate surface area is 398 Å². The van der Waals surface area contributed by atoms with Crippen LogP contribution in [0.15, 0.2) is 74.6 Å². The molecule has 0 saturated heterocycles. The number of hydrogen-bond donors (Lipinski definition) is 1. The molecule has 0 aliphatic carbocycles. The molecule has 0 amide bonds. The van der Waals surface area contributed by atoms with Crippen LogP contribution >= 0.6 is 23.7 Å². The molecule has 390 valence electrons. The average molecular weight is 1040 g/mol. The first-order chi connectivity index (χ1) is 31.5. The van der Waals surface area contributed by atoms with Crippen molar-refractivity contribution in [3.63, 3.8) is 0 Å². The van der Waals surface area contributed by atoms with Crippen LogP contribution in [0.5, 0.6) is 0 Å². The number of carbonyl (C=O) groups excluding carboxylic acids is 6. The van der Waals surface area contributed by atoms with E-state index in [0.29, 0.717) is 30.8 Å². The third kappa shape index (κ3) is 49.2. The number of unbranched alkanes of at least 4 members (excludes halogenated alkanes) is 2. The lowest BCUT2D eigenvalue weighted by Crippen LogP contribution is -2.14. The number of phosphoric acid groups is 2. The zero-order valence-electron chi connectivity index (χ0n) is 38.4. The molecule has 0 fully saturated rings. The number of rotatable bonds is 38. The summed E-state index contributed by atoms with van der Waals surface area (Å²) in [5.74, 6) is -2.96. The first-order valence-electron chi connectivity index (χ1n) is 19.8. The van der Waals surface area contributed by atoms with Crippen LogP contribution in [0.3, 0.4) is 0 Å². The molecule has 0 aliphatic rings. The van der Waals surface area contributed by atoms with Crippen molar-refractivity contribution in [2.45, 2.75) is 53.9 Å². The third-order valence-electron chi connectivity index (χ3n) is 6.25. The molecule has 0 aromatic heterocycles. The van der Waals surface area contributed by atoms with E-state index in [-0.39, 0.29) is 105 Å². The Morgan fingerprint density at radius 1 is 0.529 bits per heavy atom. The predicted molar refractivity (Wildman–Crippen MR) is 245 cm³/mol. The summed E-state index contributed by atoms with van der Waals surface area (Å²) in [4.78, 5) is 75.3. The summed E-state index contributed by atoms with van der Waals surface area (Å²) in [7, 11) is -9.82. The van der Waals surface area contributed by atoms with Gasteiger partial charge in [-0.2, -0.15) is 0 Å². The van der Waals surface area contributed by atoms with Gasteiger partial charge in [0.05, 0.1) is 45.4 Å². The van der Waals surface area contributed by atoms with Crippen LogP contribution in [0.25, 0.3) is 0 Å². The van der Waals surface area contributed by atoms with E-state index in [1.165, 1.54) is 13.6 Å². The fourth-order valence-electron chi connectivity index (χ4n) is 3.25. The normalized spacial score (nSPS) is 11.3. The molecule has 0 aliphatic heterocycles. The van der Waals surface area contributed by atoms with Crippen molar-refractivity contribution in [2.24, 2.45) is 0 Å². The molecule has 0 aromatic rings. The molecule has 0 rings (SSSR count). The highest BCUT2D eigenvalue weighted by atomic mass is 31.2. The summed E-state index contributed by atoms with van der Waals surface area (Å²) in [6.07, 6.45) is 5.43. The van der Waals surface area contributed by atoms with Crippen LogP contribution in [-0.4, -0.2) is 140 Å². The molecule has 2 unspecified atom stereocenters. The first kappa shape index (κ1) is 69.9. The van der Waals surface area contributed by atoms with Gasteiger partial charge in [0.2, 0.25) is 0 Å². The Hall–Kier alpha value is -4.70. The minimum absolute atomic E-state index is 0. The highest BCUT2D eigenvalue weighted by molar-refractivity contribution is 7.48. The highest BCUT2D eigenvalue weighted by Crippen LogP contribution is 2.49. The van der Waals surface area contributed by atoms with Crippen molar-refractivity contribution in [3.8, 4) is 0 Å². The fourth-order valence-corrected chi connectivity index (χ4v) is 5.44. The quantitative estimate of drug-likeness (QED) is 0.0134. The molecule has 0 bridgehead atoms. The van der Waals surface area contributed by atoms with Gasteiger partial charge in [-0.25, -0.2) is 33.1 Å². The molecule has 0 saturated carbocycles. The topological polar surface area (TPSA) is 303 Å². The molecule has 27 heteroatoms. The van der Waals surface area contributed by atoms with Crippen LogP contribution in [0, 0.1) is 0 Å². The van der Waals surface area contributed by atoms with Crippen LogP contribution in [0.1, 0.15) is 53.9 Å². The van der Waals surface area contributed by atoms with E-state index in [2.05, 4.69) is 67.5 Å². The van der Waals surface area contributed by atoms with Crippen molar-refractivity contribution in [1.82, 2.24) is 0 Å². The van der Waals surface area contributed by atoms with Gasteiger partial charge in [-0.05, 0) is 38.2 Å². The summed E-state index contributed by atoms with van der Waals surface area (Å²) in [5, 5.41) is 0. The van der Waals surface area contributed by atoms with E-state index in [4.69, 9.17) is 37.0 Å². The maximum absolute atomic E-state index is 12.4. The van der Waals surface area contributed by atoms with E-state index in [9.17, 15) is 47.4 Å². The van der Waals surface area contributed by atoms with Crippen molar-refractivity contribution in [1.29, 1.82) is 0 Å². The summed E-state index contributed by atoms with van der Waals surface area (Å²) < 4.78 is 102. The van der Waals surface area contributed by atoms with Gasteiger partial charge in [-0.3, -0.25) is 27.4 Å². The molecular weight excluding hydrogens is 969 g/mol. The lowest BCUT2D eigenvalue weighted by molar-refractivity contribution is -0.150. The van der Waals surface area contributed by atoms with E-state index in [1.54, 1.807) is 13.8 Å². The smallest absolute Gasteiger partial charge is 0.473 e. The Morgan fingerprint density at radius 3 is 1.31 bits per heavy atom. The van der Waals surface area contributed by atoms with Gasteiger partial charge < -0.3 is 42.8 Å². The Kier molecular flexibility index (Phi) is 46.0. The van der Waals surface area contributed by atoms with Crippen molar-refractivity contribution >= 4 is 59.5 Å². The molecule has 1 N–H and O–H groups in total. The third-order valence-corrected chi connectivity index (χ3v) is 9.31. The zero-order chi connectivity index (χ0) is 51.5. The average Bonchev–Trinajstić information content (AvgIpc) is 3.27. The molecule has 0 heterocycles. The lowest BCUT2D eigenvalue weighted by atomic mass is 10.2. The van der Waals surface area contributed by atoms with Gasteiger partial charge in [0, 0.05) is 35.8 Å². The Bertz CT molecular complexity index is 1620. The van der Waals surface area contributed by atoms with Crippen molar-refractivity contribution in [3.05, 3.63) is 74.6 Å². The second kappa shape index (κ2) is 44.8. The maximum Gasteiger partial charge on any atom is 0.504 e. The number of phosphoric ester groups is 2. The van der Waals surface area contributed by atoms with Gasteiger partial charge in [0.25, 0.3) is 0 Å². The molecule has 0 spiro atoms. The maximum atomic E-state index is 12.4. The summed E-state index contributed by atoms with van der Waals surface area (Å²) in [6, 6.07) is 0. The monoisotopic (exact) mass is 1040 g/mol. The van der Waals surface area contributed by atoms with Crippen molar-refractivity contribution in [2.75, 3.05) is 99.3 Å². The largest absolute Gasteiger partial charge is 0.504 e. The van der Waals surface area contributed by atoms with Crippen LogP contribution < -0.4 is 0 Å². The molecule has 24 nitrogen and oxygen atoms in total. The highest BCUT2D eigenvalue weighted by Gasteiger charge is 2.27. The number of allylic oxidation sites excluding steroid dienone is 1. The number of ether oxygens (including phenoxy) is 8. The number of hydrogen-bond acceptors (Lipinski definition) is 23. The second-order valence-electron chi connectivity index (χ2n) is 12.2. The molecular formula is C41H68O24P3+. The van der Waals surface area contributed by atoms with Crippen LogP contribution in [0.4, 0.5) is 0 Å². The SMILES string of the molecule is C.C=C(C)C(=O)OCCOC(=O)CCCCCO[P+](C)=O.C=C(C)OCOCCOP(=O)(O)OCCOC(=O)C(=C)C.C=CC(=O)OCCOP(=O)(OCCOC(=O)C=C)OCCOC(=O)C=C. The Morgan fingerprint density at radius 2 is 0.912 bits per heavy atom. The summed E-state index contributed by atoms with van der Waals surface area (Å²) in [6.45, 7) is 24.6. The van der Waals surface area contributed by atoms with E-state index < -0.39 is 53.5 Å². The zero-order valence-corrected chi connectivity index (χ0v) is 41.1.